The number of carbonyl (C=O) groups is 2. The summed E-state index contributed by atoms with van der Waals surface area (Å²) in [6, 6.07) is 6.02. The van der Waals surface area contributed by atoms with Gasteiger partial charge in [0.1, 0.15) is 5.75 Å². The van der Waals surface area contributed by atoms with Crippen LogP contribution in [-0.4, -0.2) is 28.2 Å². The first-order valence-corrected chi connectivity index (χ1v) is 10.5. The largest absolute Gasteiger partial charge is 0.478 e. The van der Waals surface area contributed by atoms with Gasteiger partial charge in [-0.3, -0.25) is 4.79 Å². The van der Waals surface area contributed by atoms with E-state index >= 15 is 0 Å². The summed E-state index contributed by atoms with van der Waals surface area (Å²) >= 11 is 0. The van der Waals surface area contributed by atoms with Gasteiger partial charge in [-0.25, -0.2) is 4.79 Å². The molecule has 0 saturated heterocycles. The van der Waals surface area contributed by atoms with Crippen molar-refractivity contribution in [2.75, 3.05) is 0 Å². The number of aromatic carboxylic acids is 1. The van der Waals surface area contributed by atoms with Gasteiger partial charge in [0.05, 0.1) is 22.2 Å². The molecule has 6 heteroatoms. The van der Waals surface area contributed by atoms with E-state index in [0.29, 0.717) is 18.6 Å². The molecule has 0 saturated carbocycles. The molecule has 6 nitrogen and oxygen atoms in total. The fourth-order valence-corrected chi connectivity index (χ4v) is 4.88. The van der Waals surface area contributed by atoms with Gasteiger partial charge in [-0.05, 0) is 82.4 Å². The van der Waals surface area contributed by atoms with Crippen molar-refractivity contribution in [2.45, 2.75) is 84.3 Å². The van der Waals surface area contributed by atoms with Crippen LogP contribution in [0.2, 0.25) is 0 Å². The number of hydrogen-bond acceptors (Lipinski definition) is 4. The maximum absolute atomic E-state index is 13.4. The molecule has 0 bridgehead atoms. The lowest BCUT2D eigenvalue weighted by Crippen LogP contribution is -2.39. The number of esters is 1. The number of ether oxygens (including phenoxy) is 2. The summed E-state index contributed by atoms with van der Waals surface area (Å²) in [5.74, 6) is -0.839. The van der Waals surface area contributed by atoms with Crippen LogP contribution < -0.4 is 4.74 Å². The molecule has 0 amide bonds. The molecule has 1 aromatic rings. The quantitative estimate of drug-likeness (QED) is 0.277. The Morgan fingerprint density at radius 1 is 1.00 bits per heavy atom. The molecule has 0 unspecified atom stereocenters. The molecule has 0 spiro atoms. The number of hydrogen-bond donors (Lipinski definition) is 1. The normalized spacial score (nSPS) is 20.4. The van der Waals surface area contributed by atoms with E-state index in [1.807, 2.05) is 0 Å². The minimum absolute atomic E-state index is 0. The van der Waals surface area contributed by atoms with Gasteiger partial charge in [-0.15, -0.1) is 0 Å². The van der Waals surface area contributed by atoms with Crippen molar-refractivity contribution in [3.8, 4) is 5.75 Å². The average Bonchev–Trinajstić information content (AvgIpc) is 3.11. The van der Waals surface area contributed by atoms with Crippen molar-refractivity contribution < 1.29 is 29.6 Å². The van der Waals surface area contributed by atoms with Gasteiger partial charge in [0.15, 0.2) is 0 Å². The first kappa shape index (κ1) is 24.1. The van der Waals surface area contributed by atoms with E-state index in [1.54, 1.807) is 12.1 Å². The summed E-state index contributed by atoms with van der Waals surface area (Å²) in [5, 5.41) is 9.06. The molecule has 1 heterocycles. The standard InChI is InChI=1S/C24H32O5.O/c1-6-7-8-13-24(14-18-19(15-24)23(4,5)29-22(18,2)3)21(27)28-17-11-9-16(10-12-17)20(25)26;/h9-12H,6-8,13-15H2,1-5H3,(H,25,26);. The summed E-state index contributed by atoms with van der Waals surface area (Å²) in [4.78, 5) is 24.4. The molecule has 2 radical (unpaired) electrons. The summed E-state index contributed by atoms with van der Waals surface area (Å²) in [7, 11) is 0. The SMILES string of the molecule is CCCCCC1(C(=O)Oc2ccc(C(=O)O)cc2)CC2=C(C1)C(C)(C)OC2(C)C.[O]. The summed E-state index contributed by atoms with van der Waals surface area (Å²) in [6.07, 6.45) is 5.26. The lowest BCUT2D eigenvalue weighted by atomic mass is 9.76. The zero-order chi connectivity index (χ0) is 21.4. The third kappa shape index (κ3) is 4.44. The van der Waals surface area contributed by atoms with Crippen LogP contribution in [0.1, 0.15) is 83.5 Å². The first-order valence-electron chi connectivity index (χ1n) is 10.5. The molecule has 164 valence electrons. The van der Waals surface area contributed by atoms with Crippen molar-refractivity contribution in [3.05, 3.63) is 41.0 Å². The Kier molecular flexibility index (Phi) is 6.84. The van der Waals surface area contributed by atoms with Gasteiger partial charge in [-0.2, -0.15) is 0 Å². The topological polar surface area (TPSA) is 101 Å². The number of carbonyl (C=O) groups excluding carboxylic acids is 1. The third-order valence-electron chi connectivity index (χ3n) is 6.36. The van der Waals surface area contributed by atoms with Gasteiger partial charge in [0.25, 0.3) is 0 Å². The predicted molar refractivity (Wildman–Crippen MR) is 112 cm³/mol. The van der Waals surface area contributed by atoms with Crippen LogP contribution in [-0.2, 0) is 15.0 Å². The maximum Gasteiger partial charge on any atom is 0.335 e. The number of benzene rings is 1. The highest BCUT2D eigenvalue weighted by atomic mass is 16.5. The third-order valence-corrected chi connectivity index (χ3v) is 6.36. The minimum Gasteiger partial charge on any atom is -0.478 e. The van der Waals surface area contributed by atoms with Crippen molar-refractivity contribution in [2.24, 2.45) is 5.41 Å². The minimum atomic E-state index is -1.00. The number of unbranched alkanes of at least 4 members (excludes halogenated alkanes) is 2. The van der Waals surface area contributed by atoms with E-state index in [1.165, 1.54) is 23.3 Å². The Balaban J connectivity index is 0.00000320. The zero-order valence-electron chi connectivity index (χ0n) is 18.5. The van der Waals surface area contributed by atoms with E-state index in [0.717, 1.165) is 25.7 Å². The summed E-state index contributed by atoms with van der Waals surface area (Å²) < 4.78 is 12.0. The second kappa shape index (κ2) is 8.52. The second-order valence-corrected chi connectivity index (χ2v) is 9.39. The Labute approximate surface area is 178 Å². The van der Waals surface area contributed by atoms with Crippen LogP contribution in [0.3, 0.4) is 0 Å². The number of carboxylic acids is 1. The molecule has 1 aromatic carbocycles. The molecular weight excluding hydrogens is 384 g/mol. The molecule has 1 N–H and O–H groups in total. The van der Waals surface area contributed by atoms with Gasteiger partial charge in [0.2, 0.25) is 0 Å². The Hall–Kier alpha value is -2.18. The monoisotopic (exact) mass is 416 g/mol. The van der Waals surface area contributed by atoms with Crippen LogP contribution >= 0.6 is 0 Å². The van der Waals surface area contributed by atoms with Gasteiger partial charge < -0.3 is 14.6 Å². The number of rotatable bonds is 7. The van der Waals surface area contributed by atoms with E-state index in [-0.39, 0.29) is 28.2 Å². The van der Waals surface area contributed by atoms with Crippen LogP contribution in [0.4, 0.5) is 0 Å². The van der Waals surface area contributed by atoms with Crippen LogP contribution in [0.5, 0.6) is 5.75 Å². The maximum atomic E-state index is 13.4. The van der Waals surface area contributed by atoms with Crippen molar-refractivity contribution >= 4 is 11.9 Å². The van der Waals surface area contributed by atoms with Gasteiger partial charge in [-0.1, -0.05) is 26.2 Å². The molecule has 0 fully saturated rings. The fourth-order valence-electron chi connectivity index (χ4n) is 4.88. The first-order chi connectivity index (χ1) is 13.5. The van der Waals surface area contributed by atoms with Crippen molar-refractivity contribution in [1.82, 2.24) is 0 Å². The smallest absolute Gasteiger partial charge is 0.335 e. The van der Waals surface area contributed by atoms with Crippen molar-refractivity contribution in [3.63, 3.8) is 0 Å². The molecule has 1 aliphatic heterocycles. The van der Waals surface area contributed by atoms with Gasteiger partial charge >= 0.3 is 11.9 Å². The summed E-state index contributed by atoms with van der Waals surface area (Å²) in [5.41, 5.74) is 1.30. The van der Waals surface area contributed by atoms with Crippen LogP contribution in [0.15, 0.2) is 35.4 Å². The molecule has 3 rings (SSSR count). The van der Waals surface area contributed by atoms with Crippen LogP contribution in [0.25, 0.3) is 0 Å². The fraction of sp³-hybridized carbons (Fsp3) is 0.583. The average molecular weight is 417 g/mol. The molecule has 30 heavy (non-hydrogen) atoms. The molecule has 0 aromatic heterocycles. The van der Waals surface area contributed by atoms with Crippen LogP contribution in [0, 0.1) is 5.41 Å². The Morgan fingerprint density at radius 2 is 1.53 bits per heavy atom. The van der Waals surface area contributed by atoms with Crippen molar-refractivity contribution in [1.29, 1.82) is 0 Å². The molecule has 0 atom stereocenters. The Morgan fingerprint density at radius 3 is 2.00 bits per heavy atom. The van der Waals surface area contributed by atoms with E-state index < -0.39 is 11.4 Å². The highest BCUT2D eigenvalue weighted by Gasteiger charge is 2.56. The van der Waals surface area contributed by atoms with Gasteiger partial charge in [0, 0.05) is 5.48 Å². The highest BCUT2D eigenvalue weighted by Crippen LogP contribution is 2.58. The molecular formula is C24H32O6. The van der Waals surface area contributed by atoms with E-state index in [9.17, 15) is 9.59 Å². The lowest BCUT2D eigenvalue weighted by molar-refractivity contribution is -0.147. The zero-order valence-corrected chi connectivity index (χ0v) is 18.5. The summed E-state index contributed by atoms with van der Waals surface area (Å²) in [6.45, 7) is 10.5. The highest BCUT2D eigenvalue weighted by molar-refractivity contribution is 5.88. The second-order valence-electron chi connectivity index (χ2n) is 9.39. The molecule has 2 aliphatic rings. The number of carboxylic acid groups (broad SMARTS) is 1. The van der Waals surface area contributed by atoms with E-state index in [4.69, 9.17) is 14.6 Å². The predicted octanol–water partition coefficient (Wildman–Crippen LogP) is 5.42. The Bertz CT molecular complexity index is 806. The molecule has 1 aliphatic carbocycles. The lowest BCUT2D eigenvalue weighted by Gasteiger charge is -2.35. The van der Waals surface area contributed by atoms with E-state index in [2.05, 4.69) is 34.6 Å².